The van der Waals surface area contributed by atoms with Crippen LogP contribution in [0.1, 0.15) is 23.3 Å². The van der Waals surface area contributed by atoms with E-state index in [0.29, 0.717) is 37.6 Å². The second-order valence-corrected chi connectivity index (χ2v) is 6.82. The lowest BCUT2D eigenvalue weighted by Gasteiger charge is -2.36. The van der Waals surface area contributed by atoms with Crippen molar-refractivity contribution in [1.82, 2.24) is 9.88 Å². The molecule has 0 radical (unpaired) electrons. The number of anilines is 2. The Morgan fingerprint density at radius 1 is 0.923 bits per heavy atom. The number of aromatic nitrogens is 1. The van der Waals surface area contributed by atoms with Gasteiger partial charge in [-0.2, -0.15) is 0 Å². The third kappa shape index (κ3) is 3.36. The number of hydrogen-bond donors (Lipinski definition) is 0. The van der Waals surface area contributed by atoms with E-state index in [-0.39, 0.29) is 11.7 Å². The average Bonchev–Trinajstić information content (AvgIpc) is 3.23. The number of hydrogen-bond acceptors (Lipinski definition) is 4. The van der Waals surface area contributed by atoms with E-state index >= 15 is 0 Å². The first kappa shape index (κ1) is 16.8. The molecule has 6 heteroatoms. The molecule has 2 aliphatic rings. The van der Waals surface area contributed by atoms with Gasteiger partial charge in [0.15, 0.2) is 0 Å². The van der Waals surface area contributed by atoms with E-state index in [1.165, 1.54) is 18.9 Å². The first-order valence-electron chi connectivity index (χ1n) is 9.22. The molecule has 0 unspecified atom stereocenters. The number of amides is 1. The highest BCUT2D eigenvalue weighted by atomic mass is 19.1. The summed E-state index contributed by atoms with van der Waals surface area (Å²) in [7, 11) is 0. The smallest absolute Gasteiger partial charge is 0.272 e. The van der Waals surface area contributed by atoms with Crippen LogP contribution in [0.5, 0.6) is 0 Å². The van der Waals surface area contributed by atoms with E-state index < -0.39 is 0 Å². The Labute approximate surface area is 153 Å². The zero-order valence-electron chi connectivity index (χ0n) is 14.8. The minimum absolute atomic E-state index is 0.0424. The molecule has 2 fully saturated rings. The lowest BCUT2D eigenvalue weighted by molar-refractivity contribution is 0.0741. The lowest BCUT2D eigenvalue weighted by Crippen LogP contribution is -2.49. The van der Waals surface area contributed by atoms with Crippen LogP contribution in [0.25, 0.3) is 0 Å². The van der Waals surface area contributed by atoms with Gasteiger partial charge in [0.2, 0.25) is 0 Å². The Bertz CT molecular complexity index is 783. The summed E-state index contributed by atoms with van der Waals surface area (Å²) in [6, 6.07) is 10.7. The van der Waals surface area contributed by atoms with Crippen molar-refractivity contribution in [2.24, 2.45) is 0 Å². The van der Waals surface area contributed by atoms with Gasteiger partial charge >= 0.3 is 0 Å². The van der Waals surface area contributed by atoms with Gasteiger partial charge < -0.3 is 14.7 Å². The van der Waals surface area contributed by atoms with Crippen molar-refractivity contribution in [1.29, 1.82) is 0 Å². The fourth-order valence-corrected chi connectivity index (χ4v) is 3.73. The van der Waals surface area contributed by atoms with Gasteiger partial charge in [-0.3, -0.25) is 9.78 Å². The topological polar surface area (TPSA) is 39.7 Å². The van der Waals surface area contributed by atoms with Gasteiger partial charge in [-0.25, -0.2) is 4.39 Å². The molecule has 1 amide bonds. The summed E-state index contributed by atoms with van der Waals surface area (Å²) in [5, 5.41) is 0. The fraction of sp³-hybridized carbons (Fsp3) is 0.400. The van der Waals surface area contributed by atoms with Crippen molar-refractivity contribution in [3.05, 3.63) is 54.1 Å². The van der Waals surface area contributed by atoms with Crippen LogP contribution in [0, 0.1) is 5.82 Å². The molecule has 4 rings (SSSR count). The van der Waals surface area contributed by atoms with Gasteiger partial charge in [0.1, 0.15) is 11.5 Å². The zero-order valence-corrected chi connectivity index (χ0v) is 14.8. The van der Waals surface area contributed by atoms with Crippen LogP contribution < -0.4 is 9.80 Å². The zero-order chi connectivity index (χ0) is 17.9. The summed E-state index contributed by atoms with van der Waals surface area (Å²) >= 11 is 0. The third-order valence-corrected chi connectivity index (χ3v) is 5.19. The van der Waals surface area contributed by atoms with Gasteiger partial charge in [0.05, 0.1) is 5.69 Å². The number of halogens is 1. The van der Waals surface area contributed by atoms with E-state index in [2.05, 4.69) is 9.88 Å². The van der Waals surface area contributed by atoms with Crippen molar-refractivity contribution >= 4 is 17.3 Å². The number of para-hydroxylation sites is 1. The normalized spacial score (nSPS) is 17.7. The molecule has 0 spiro atoms. The minimum atomic E-state index is -0.216. The predicted molar refractivity (Wildman–Crippen MR) is 100 cm³/mol. The van der Waals surface area contributed by atoms with Crippen LogP contribution in [0.3, 0.4) is 0 Å². The Morgan fingerprint density at radius 2 is 1.65 bits per heavy atom. The summed E-state index contributed by atoms with van der Waals surface area (Å²) in [5.74, 6) is -0.258. The van der Waals surface area contributed by atoms with E-state index in [0.717, 1.165) is 18.8 Å². The van der Waals surface area contributed by atoms with Crippen molar-refractivity contribution < 1.29 is 9.18 Å². The SMILES string of the molecule is O=C(c1cc(N2CCCC2)ccn1)N1CCN(c2ccccc2F)CC1. The van der Waals surface area contributed by atoms with Crippen LogP contribution in [-0.4, -0.2) is 55.1 Å². The average molecular weight is 354 g/mol. The molecule has 0 saturated carbocycles. The van der Waals surface area contributed by atoms with Crippen LogP contribution >= 0.6 is 0 Å². The van der Waals surface area contributed by atoms with E-state index in [1.54, 1.807) is 18.3 Å². The van der Waals surface area contributed by atoms with Crippen LogP contribution in [0.4, 0.5) is 15.8 Å². The monoisotopic (exact) mass is 354 g/mol. The molecule has 1 aromatic carbocycles. The molecule has 2 saturated heterocycles. The molecule has 5 nitrogen and oxygen atoms in total. The Balaban J connectivity index is 1.42. The van der Waals surface area contributed by atoms with E-state index in [9.17, 15) is 9.18 Å². The molecule has 0 atom stereocenters. The lowest BCUT2D eigenvalue weighted by atomic mass is 10.2. The molecule has 0 N–H and O–H groups in total. The highest BCUT2D eigenvalue weighted by Gasteiger charge is 2.25. The molecule has 1 aromatic heterocycles. The molecule has 2 aliphatic heterocycles. The number of carbonyl (C=O) groups is 1. The van der Waals surface area contributed by atoms with Gasteiger partial charge in [-0.1, -0.05) is 12.1 Å². The summed E-state index contributed by atoms with van der Waals surface area (Å²) in [6.07, 6.45) is 4.11. The summed E-state index contributed by atoms with van der Waals surface area (Å²) in [5.41, 5.74) is 2.17. The van der Waals surface area contributed by atoms with Gasteiger partial charge in [-0.05, 0) is 37.1 Å². The Kier molecular flexibility index (Phi) is 4.73. The molecule has 2 aromatic rings. The molecule has 3 heterocycles. The quantitative estimate of drug-likeness (QED) is 0.850. The third-order valence-electron chi connectivity index (χ3n) is 5.19. The Morgan fingerprint density at radius 3 is 2.38 bits per heavy atom. The van der Waals surface area contributed by atoms with E-state index in [1.807, 2.05) is 28.0 Å². The number of carbonyl (C=O) groups excluding carboxylic acids is 1. The maximum atomic E-state index is 14.0. The summed E-state index contributed by atoms with van der Waals surface area (Å²) in [6.45, 7) is 4.47. The maximum Gasteiger partial charge on any atom is 0.272 e. The van der Waals surface area contributed by atoms with Crippen LogP contribution in [0.2, 0.25) is 0 Å². The first-order valence-corrected chi connectivity index (χ1v) is 9.22. The maximum absolute atomic E-state index is 14.0. The number of nitrogens with zero attached hydrogens (tertiary/aromatic N) is 4. The molecule has 0 bridgehead atoms. The number of pyridine rings is 1. The highest BCUT2D eigenvalue weighted by Crippen LogP contribution is 2.23. The van der Waals surface area contributed by atoms with Crippen molar-refractivity contribution in [2.45, 2.75) is 12.8 Å². The molecular formula is C20H23FN4O. The van der Waals surface area contributed by atoms with Crippen molar-refractivity contribution in [3.63, 3.8) is 0 Å². The largest absolute Gasteiger partial charge is 0.371 e. The first-order chi connectivity index (χ1) is 12.7. The Hall–Kier alpha value is -2.63. The predicted octanol–water partition coefficient (Wildman–Crippen LogP) is 2.78. The van der Waals surface area contributed by atoms with Crippen LogP contribution in [-0.2, 0) is 0 Å². The number of rotatable bonds is 3. The minimum Gasteiger partial charge on any atom is -0.371 e. The van der Waals surface area contributed by atoms with Crippen molar-refractivity contribution in [2.75, 3.05) is 49.1 Å². The van der Waals surface area contributed by atoms with Crippen LogP contribution in [0.15, 0.2) is 42.6 Å². The molecule has 136 valence electrons. The summed E-state index contributed by atoms with van der Waals surface area (Å²) in [4.78, 5) is 23.2. The number of piperazine rings is 1. The fourth-order valence-electron chi connectivity index (χ4n) is 3.73. The van der Waals surface area contributed by atoms with Gasteiger partial charge in [0.25, 0.3) is 5.91 Å². The number of benzene rings is 1. The second kappa shape index (κ2) is 7.32. The molecule has 26 heavy (non-hydrogen) atoms. The van der Waals surface area contributed by atoms with Gasteiger partial charge in [-0.15, -0.1) is 0 Å². The van der Waals surface area contributed by atoms with Crippen molar-refractivity contribution in [3.8, 4) is 0 Å². The molecule has 0 aliphatic carbocycles. The highest BCUT2D eigenvalue weighted by molar-refractivity contribution is 5.93. The molecular weight excluding hydrogens is 331 g/mol. The van der Waals surface area contributed by atoms with E-state index in [4.69, 9.17) is 0 Å². The van der Waals surface area contributed by atoms with Gasteiger partial charge in [0, 0.05) is 51.2 Å². The summed E-state index contributed by atoms with van der Waals surface area (Å²) < 4.78 is 14.0. The standard InChI is InChI=1S/C20H23FN4O/c21-17-5-1-2-6-19(17)24-11-13-25(14-12-24)20(26)18-15-16(7-8-22-18)23-9-3-4-10-23/h1-2,5-8,15H,3-4,9-14H2. The second-order valence-electron chi connectivity index (χ2n) is 6.82.